The van der Waals surface area contributed by atoms with Crippen molar-refractivity contribution in [1.29, 1.82) is 0 Å². The number of rotatable bonds is 2. The van der Waals surface area contributed by atoms with Gasteiger partial charge >= 0.3 is 0 Å². The summed E-state index contributed by atoms with van der Waals surface area (Å²) in [4.78, 5) is 13.2. The minimum absolute atomic E-state index is 0.0816. The lowest BCUT2D eigenvalue weighted by Crippen LogP contribution is -2.25. The summed E-state index contributed by atoms with van der Waals surface area (Å²) in [5, 5.41) is 0. The zero-order valence-corrected chi connectivity index (χ0v) is 11.4. The second-order valence-electron chi connectivity index (χ2n) is 2.69. The predicted molar refractivity (Wildman–Crippen MR) is 71.8 cm³/mol. The van der Waals surface area contributed by atoms with Gasteiger partial charge in [-0.2, -0.15) is 0 Å². The first-order valence-corrected chi connectivity index (χ1v) is 6.06. The van der Waals surface area contributed by atoms with Crippen molar-refractivity contribution in [2.24, 2.45) is 0 Å². The van der Waals surface area contributed by atoms with E-state index in [1.807, 2.05) is 65.0 Å². The van der Waals surface area contributed by atoms with Crippen LogP contribution in [0.5, 0.6) is 0 Å². The van der Waals surface area contributed by atoms with Gasteiger partial charge in [0.1, 0.15) is 0 Å². The van der Waals surface area contributed by atoms with Gasteiger partial charge in [0.25, 0.3) is 5.91 Å². The molecule has 0 saturated carbocycles. The molecule has 0 radical (unpaired) electrons. The maximum Gasteiger partial charge on any atom is 0.253 e. The van der Waals surface area contributed by atoms with Gasteiger partial charge in [-0.05, 0) is 19.1 Å². The largest absolute Gasteiger partial charge is 0.342 e. The zero-order valence-electron chi connectivity index (χ0n) is 11.4. The Kier molecular flexibility index (Phi) is 12.6. The second kappa shape index (κ2) is 11.8. The second-order valence-corrected chi connectivity index (χ2v) is 2.69. The summed E-state index contributed by atoms with van der Waals surface area (Å²) in [6.45, 7) is 10.7. The molecule has 92 valence electrons. The van der Waals surface area contributed by atoms with Crippen molar-refractivity contribution in [3.05, 3.63) is 35.9 Å². The molecule has 0 aliphatic heterocycles. The summed E-state index contributed by atoms with van der Waals surface area (Å²) in [5.41, 5.74) is 0.752. The lowest BCUT2D eigenvalue weighted by atomic mass is 10.2. The van der Waals surface area contributed by atoms with Crippen LogP contribution >= 0.6 is 0 Å². The highest BCUT2D eigenvalue weighted by Crippen LogP contribution is 2.01. The number of amides is 1. The van der Waals surface area contributed by atoms with E-state index in [-0.39, 0.29) is 5.91 Å². The molecule has 0 aromatic heterocycles. The van der Waals surface area contributed by atoms with Crippen LogP contribution in [0.25, 0.3) is 0 Å². The lowest BCUT2D eigenvalue weighted by Gasteiger charge is -2.13. The van der Waals surface area contributed by atoms with Crippen LogP contribution in [-0.4, -0.2) is 24.4 Å². The van der Waals surface area contributed by atoms with Gasteiger partial charge in [0.05, 0.1) is 0 Å². The molecule has 0 aliphatic carbocycles. The van der Waals surface area contributed by atoms with Gasteiger partial charge in [-0.3, -0.25) is 4.79 Å². The van der Waals surface area contributed by atoms with E-state index in [1.165, 1.54) is 0 Å². The van der Waals surface area contributed by atoms with Gasteiger partial charge < -0.3 is 4.90 Å². The molecule has 0 N–H and O–H groups in total. The van der Waals surface area contributed by atoms with E-state index in [4.69, 9.17) is 0 Å². The standard InChI is InChI=1S/C10H13NO.2C2H6/c1-3-11(2)10(12)9-7-5-4-6-8-9;2*1-2/h4-8H,3H2,1-2H3;2*1-2H3. The monoisotopic (exact) mass is 223 g/mol. The molecule has 1 amide bonds. The maximum atomic E-state index is 11.5. The number of carbonyl (C=O) groups excluding carboxylic acids is 1. The smallest absolute Gasteiger partial charge is 0.253 e. The van der Waals surface area contributed by atoms with Crippen LogP contribution in [0.3, 0.4) is 0 Å². The van der Waals surface area contributed by atoms with Crippen LogP contribution in [0.4, 0.5) is 0 Å². The molecule has 0 atom stereocenters. The quantitative estimate of drug-likeness (QED) is 0.746. The van der Waals surface area contributed by atoms with Crippen molar-refractivity contribution >= 4 is 5.91 Å². The van der Waals surface area contributed by atoms with Gasteiger partial charge in [0, 0.05) is 19.2 Å². The lowest BCUT2D eigenvalue weighted by molar-refractivity contribution is 0.0802. The Morgan fingerprint density at radius 3 is 1.88 bits per heavy atom. The predicted octanol–water partition coefficient (Wildman–Crippen LogP) is 3.83. The molecule has 0 saturated heterocycles. The molecule has 2 heteroatoms. The minimum atomic E-state index is 0.0816. The molecule has 0 fully saturated rings. The molecular weight excluding hydrogens is 198 g/mol. The molecule has 1 rings (SSSR count). The summed E-state index contributed by atoms with van der Waals surface area (Å²) >= 11 is 0. The zero-order chi connectivity index (χ0) is 13.0. The fourth-order valence-electron chi connectivity index (χ4n) is 0.945. The van der Waals surface area contributed by atoms with E-state index in [0.29, 0.717) is 0 Å². The Labute approximate surface area is 100 Å². The number of carbonyl (C=O) groups is 1. The molecule has 0 spiro atoms. The third kappa shape index (κ3) is 6.23. The number of nitrogens with zero attached hydrogens (tertiary/aromatic N) is 1. The first-order chi connectivity index (χ1) is 7.75. The highest BCUT2D eigenvalue weighted by molar-refractivity contribution is 5.93. The molecule has 0 bridgehead atoms. The third-order valence-electron chi connectivity index (χ3n) is 1.84. The van der Waals surface area contributed by atoms with E-state index >= 15 is 0 Å². The molecule has 2 nitrogen and oxygen atoms in total. The molecular formula is C14H25NO. The van der Waals surface area contributed by atoms with E-state index < -0.39 is 0 Å². The fraction of sp³-hybridized carbons (Fsp3) is 0.500. The first kappa shape index (κ1) is 17.1. The Hall–Kier alpha value is -1.31. The Balaban J connectivity index is 0. The van der Waals surface area contributed by atoms with Gasteiger partial charge in [-0.15, -0.1) is 0 Å². The van der Waals surface area contributed by atoms with Gasteiger partial charge in [-0.25, -0.2) is 0 Å². The summed E-state index contributed by atoms with van der Waals surface area (Å²) < 4.78 is 0. The minimum Gasteiger partial charge on any atom is -0.342 e. The molecule has 0 heterocycles. The van der Waals surface area contributed by atoms with E-state index in [0.717, 1.165) is 12.1 Å². The topological polar surface area (TPSA) is 20.3 Å². The van der Waals surface area contributed by atoms with Crippen molar-refractivity contribution in [3.8, 4) is 0 Å². The Morgan fingerprint density at radius 2 is 1.50 bits per heavy atom. The van der Waals surface area contributed by atoms with Crippen molar-refractivity contribution in [2.75, 3.05) is 13.6 Å². The Morgan fingerprint density at radius 1 is 1.06 bits per heavy atom. The normalized spacial score (nSPS) is 7.88. The summed E-state index contributed by atoms with van der Waals surface area (Å²) in [5.74, 6) is 0.0816. The average Bonchev–Trinajstić information content (AvgIpc) is 2.42. The van der Waals surface area contributed by atoms with E-state index in [9.17, 15) is 4.79 Å². The highest BCUT2D eigenvalue weighted by atomic mass is 16.2. The Bertz CT molecular complexity index is 257. The molecule has 1 aromatic rings. The average molecular weight is 223 g/mol. The van der Waals surface area contributed by atoms with E-state index in [1.54, 1.807) is 11.9 Å². The van der Waals surface area contributed by atoms with Crippen LogP contribution in [0.15, 0.2) is 30.3 Å². The summed E-state index contributed by atoms with van der Waals surface area (Å²) in [6.07, 6.45) is 0. The van der Waals surface area contributed by atoms with Crippen molar-refractivity contribution < 1.29 is 4.79 Å². The SMILES string of the molecule is CC.CC.CCN(C)C(=O)c1ccccc1. The van der Waals surface area contributed by atoms with Crippen LogP contribution in [0.2, 0.25) is 0 Å². The maximum absolute atomic E-state index is 11.5. The van der Waals surface area contributed by atoms with Crippen molar-refractivity contribution in [3.63, 3.8) is 0 Å². The first-order valence-electron chi connectivity index (χ1n) is 6.06. The van der Waals surface area contributed by atoms with Crippen LogP contribution in [-0.2, 0) is 0 Å². The summed E-state index contributed by atoms with van der Waals surface area (Å²) in [6, 6.07) is 9.30. The van der Waals surface area contributed by atoms with Crippen molar-refractivity contribution in [2.45, 2.75) is 34.6 Å². The van der Waals surface area contributed by atoms with Crippen LogP contribution in [0.1, 0.15) is 45.0 Å². The third-order valence-corrected chi connectivity index (χ3v) is 1.84. The molecule has 16 heavy (non-hydrogen) atoms. The van der Waals surface area contributed by atoms with Crippen LogP contribution < -0.4 is 0 Å². The van der Waals surface area contributed by atoms with E-state index in [2.05, 4.69) is 0 Å². The number of hydrogen-bond acceptors (Lipinski definition) is 1. The number of hydrogen-bond donors (Lipinski definition) is 0. The number of benzene rings is 1. The fourth-order valence-corrected chi connectivity index (χ4v) is 0.945. The van der Waals surface area contributed by atoms with Crippen LogP contribution in [0, 0.1) is 0 Å². The van der Waals surface area contributed by atoms with Gasteiger partial charge in [0.2, 0.25) is 0 Å². The van der Waals surface area contributed by atoms with Gasteiger partial charge in [-0.1, -0.05) is 45.9 Å². The van der Waals surface area contributed by atoms with Gasteiger partial charge in [0.15, 0.2) is 0 Å². The highest BCUT2D eigenvalue weighted by Gasteiger charge is 2.07. The van der Waals surface area contributed by atoms with Crippen molar-refractivity contribution in [1.82, 2.24) is 4.90 Å². The molecule has 1 aromatic carbocycles. The molecule has 0 unspecified atom stereocenters. The summed E-state index contributed by atoms with van der Waals surface area (Å²) in [7, 11) is 1.80. The molecule has 0 aliphatic rings.